The molecule has 5 nitrogen and oxygen atoms in total. The predicted octanol–water partition coefficient (Wildman–Crippen LogP) is 1.57. The molecule has 2 atom stereocenters. The van der Waals surface area contributed by atoms with Crippen molar-refractivity contribution in [2.45, 2.75) is 52.6 Å². The van der Waals surface area contributed by atoms with Crippen LogP contribution in [0.15, 0.2) is 0 Å². The molecule has 0 bridgehead atoms. The standard InChI is InChI=1S/C7H12O.C4H5NO3.C2H6.Y/c1-4-6-2-5(8)3-7(4)6;6-3-1-2-4(7)5(3)8;1-2;/h4-8H,2-3H2,1H3;8H,1-2H2;1-2H3;. The van der Waals surface area contributed by atoms with E-state index in [1.54, 1.807) is 0 Å². The number of amides is 2. The molecule has 3 fully saturated rings. The van der Waals surface area contributed by atoms with Gasteiger partial charge in [-0.2, -0.15) is 5.06 Å². The summed E-state index contributed by atoms with van der Waals surface area (Å²) in [5.74, 6) is 1.75. The van der Waals surface area contributed by atoms with Gasteiger partial charge in [-0.1, -0.05) is 20.8 Å². The number of imide groups is 1. The molecule has 0 aromatic carbocycles. The maximum Gasteiger partial charge on any atom is 0.253 e. The Bertz CT molecular complexity index is 296. The van der Waals surface area contributed by atoms with Crippen molar-refractivity contribution >= 4 is 11.8 Å². The van der Waals surface area contributed by atoms with E-state index in [9.17, 15) is 9.59 Å². The van der Waals surface area contributed by atoms with Crippen LogP contribution in [0.5, 0.6) is 0 Å². The van der Waals surface area contributed by atoms with Crippen LogP contribution in [0.3, 0.4) is 0 Å². The summed E-state index contributed by atoms with van der Waals surface area (Å²) < 4.78 is 0. The molecule has 2 aliphatic carbocycles. The van der Waals surface area contributed by atoms with Crippen molar-refractivity contribution in [3.63, 3.8) is 0 Å². The van der Waals surface area contributed by atoms with Gasteiger partial charge in [-0.3, -0.25) is 14.8 Å². The maximum absolute atomic E-state index is 10.2. The molecule has 1 aliphatic heterocycles. The quantitative estimate of drug-likeness (QED) is 0.516. The number of carbonyl (C=O) groups is 2. The van der Waals surface area contributed by atoms with E-state index in [-0.39, 0.29) is 56.7 Å². The first-order chi connectivity index (χ1) is 8.50. The fourth-order valence-corrected chi connectivity index (χ4v) is 2.70. The molecule has 1 saturated heterocycles. The fourth-order valence-electron chi connectivity index (χ4n) is 2.70. The van der Waals surface area contributed by atoms with Crippen LogP contribution in [-0.4, -0.2) is 33.3 Å². The van der Waals surface area contributed by atoms with Crippen molar-refractivity contribution in [3.8, 4) is 0 Å². The number of carbonyl (C=O) groups excluding carboxylic acids is 2. The molecule has 2 amide bonds. The molecule has 1 radical (unpaired) electrons. The number of rotatable bonds is 0. The van der Waals surface area contributed by atoms with Crippen molar-refractivity contribution in [1.29, 1.82) is 0 Å². The number of aliphatic hydroxyl groups is 1. The molecule has 107 valence electrons. The van der Waals surface area contributed by atoms with Crippen LogP contribution >= 0.6 is 0 Å². The van der Waals surface area contributed by atoms with Crippen molar-refractivity contribution in [2.75, 3.05) is 0 Å². The molecule has 2 saturated carbocycles. The first kappa shape index (κ1) is 19.2. The van der Waals surface area contributed by atoms with Crippen LogP contribution in [0.25, 0.3) is 0 Å². The number of aliphatic hydroxyl groups excluding tert-OH is 1. The maximum atomic E-state index is 10.2. The van der Waals surface area contributed by atoms with Gasteiger partial charge in [-0.05, 0) is 30.6 Å². The number of hydroxylamine groups is 2. The summed E-state index contributed by atoms with van der Waals surface area (Å²) in [6.45, 7) is 6.29. The second-order valence-electron chi connectivity index (χ2n) is 4.91. The van der Waals surface area contributed by atoms with E-state index in [0.29, 0.717) is 0 Å². The average Bonchev–Trinajstić information content (AvgIpc) is 2.69. The third-order valence-electron chi connectivity index (χ3n) is 3.87. The Kier molecular flexibility index (Phi) is 8.52. The normalized spacial score (nSPS) is 34.5. The summed E-state index contributed by atoms with van der Waals surface area (Å²) in [5.41, 5.74) is 0. The Morgan fingerprint density at radius 3 is 1.63 bits per heavy atom. The van der Waals surface area contributed by atoms with E-state index in [0.717, 1.165) is 30.6 Å². The van der Waals surface area contributed by atoms with Crippen LogP contribution in [0.4, 0.5) is 0 Å². The van der Waals surface area contributed by atoms with Gasteiger partial charge >= 0.3 is 0 Å². The van der Waals surface area contributed by atoms with E-state index in [4.69, 9.17) is 10.3 Å². The molecule has 1 heterocycles. The van der Waals surface area contributed by atoms with Crippen molar-refractivity contribution in [3.05, 3.63) is 0 Å². The number of fused-ring (bicyclic) bond motifs is 1. The third-order valence-corrected chi connectivity index (χ3v) is 3.87. The molecule has 0 aromatic rings. The van der Waals surface area contributed by atoms with Crippen molar-refractivity contribution in [2.24, 2.45) is 17.8 Å². The fraction of sp³-hybridized carbons (Fsp3) is 0.846. The Hall–Kier alpha value is 0.164. The molecule has 0 aromatic heterocycles. The van der Waals surface area contributed by atoms with Gasteiger partial charge in [0.2, 0.25) is 0 Å². The topological polar surface area (TPSA) is 77.8 Å². The van der Waals surface area contributed by atoms with Crippen LogP contribution < -0.4 is 0 Å². The van der Waals surface area contributed by atoms with Crippen LogP contribution in [-0.2, 0) is 42.3 Å². The summed E-state index contributed by atoms with van der Waals surface area (Å²) in [6, 6.07) is 0. The van der Waals surface area contributed by atoms with Crippen LogP contribution in [0.2, 0.25) is 0 Å². The Balaban J connectivity index is 0.000000289. The summed E-state index contributed by atoms with van der Waals surface area (Å²) >= 11 is 0. The second kappa shape index (κ2) is 8.45. The van der Waals surface area contributed by atoms with E-state index in [2.05, 4.69) is 6.92 Å². The number of hydrogen-bond acceptors (Lipinski definition) is 4. The Morgan fingerprint density at radius 2 is 1.42 bits per heavy atom. The van der Waals surface area contributed by atoms with E-state index in [1.807, 2.05) is 13.8 Å². The van der Waals surface area contributed by atoms with Gasteiger partial charge in [-0.15, -0.1) is 0 Å². The first-order valence-electron chi connectivity index (χ1n) is 6.73. The van der Waals surface area contributed by atoms with Gasteiger partial charge < -0.3 is 5.11 Å². The molecule has 0 spiro atoms. The van der Waals surface area contributed by atoms with Gasteiger partial charge in [0.1, 0.15) is 0 Å². The Morgan fingerprint density at radius 1 is 1.05 bits per heavy atom. The smallest absolute Gasteiger partial charge is 0.253 e. The Labute approximate surface area is 139 Å². The van der Waals surface area contributed by atoms with Gasteiger partial charge in [0.05, 0.1) is 6.10 Å². The zero-order chi connectivity index (χ0) is 13.9. The molecule has 2 N–H and O–H groups in total. The third kappa shape index (κ3) is 4.89. The molecule has 3 rings (SSSR count). The zero-order valence-electron chi connectivity index (χ0n) is 11.9. The minimum atomic E-state index is -0.505. The van der Waals surface area contributed by atoms with Gasteiger partial charge in [0, 0.05) is 45.6 Å². The average molecular weight is 346 g/mol. The molecular formula is C13H23NO4Y. The minimum absolute atomic E-state index is 0. The second-order valence-corrected chi connectivity index (χ2v) is 4.91. The van der Waals surface area contributed by atoms with E-state index in [1.165, 1.54) is 0 Å². The monoisotopic (exact) mass is 346 g/mol. The molecular weight excluding hydrogens is 323 g/mol. The largest absolute Gasteiger partial charge is 0.393 e. The van der Waals surface area contributed by atoms with Crippen molar-refractivity contribution < 1.29 is 52.6 Å². The molecule has 19 heavy (non-hydrogen) atoms. The SMILES string of the molecule is CC.CC1C2CC(O)CC12.O=C1CCC(=O)N1O.[Y]. The molecule has 3 aliphatic rings. The number of hydrogen-bond donors (Lipinski definition) is 2. The van der Waals surface area contributed by atoms with Crippen molar-refractivity contribution in [1.82, 2.24) is 5.06 Å². The summed E-state index contributed by atoms with van der Waals surface area (Å²) in [4.78, 5) is 20.5. The summed E-state index contributed by atoms with van der Waals surface area (Å²) in [5, 5.41) is 17.6. The zero-order valence-corrected chi connectivity index (χ0v) is 14.7. The number of nitrogens with zero attached hydrogens (tertiary/aromatic N) is 1. The van der Waals surface area contributed by atoms with E-state index >= 15 is 0 Å². The minimum Gasteiger partial charge on any atom is -0.393 e. The summed E-state index contributed by atoms with van der Waals surface area (Å²) in [6.07, 6.45) is 2.53. The van der Waals surface area contributed by atoms with E-state index < -0.39 is 11.8 Å². The van der Waals surface area contributed by atoms with Crippen LogP contribution in [0.1, 0.15) is 46.5 Å². The predicted molar refractivity (Wildman–Crippen MR) is 65.6 cm³/mol. The molecule has 6 heteroatoms. The van der Waals surface area contributed by atoms with Crippen LogP contribution in [0, 0.1) is 17.8 Å². The first-order valence-corrected chi connectivity index (χ1v) is 6.73. The van der Waals surface area contributed by atoms with Gasteiger partial charge in [0.15, 0.2) is 0 Å². The van der Waals surface area contributed by atoms with Gasteiger partial charge in [0.25, 0.3) is 11.8 Å². The van der Waals surface area contributed by atoms with Gasteiger partial charge in [-0.25, -0.2) is 0 Å². The molecule has 2 unspecified atom stereocenters. The summed E-state index contributed by atoms with van der Waals surface area (Å²) in [7, 11) is 0.